The first-order chi connectivity index (χ1) is 12.7. The summed E-state index contributed by atoms with van der Waals surface area (Å²) in [5.41, 5.74) is 1.84. The molecule has 0 spiro atoms. The van der Waals surface area contributed by atoms with Crippen molar-refractivity contribution in [1.29, 1.82) is 0 Å². The van der Waals surface area contributed by atoms with Crippen LogP contribution in [-0.2, 0) is 0 Å². The molecule has 0 N–H and O–H groups in total. The van der Waals surface area contributed by atoms with Crippen LogP contribution in [0.2, 0.25) is 0 Å². The van der Waals surface area contributed by atoms with Crippen LogP contribution in [-0.4, -0.2) is 37.5 Å². The van der Waals surface area contributed by atoms with Gasteiger partial charge in [-0.15, -0.1) is 0 Å². The van der Waals surface area contributed by atoms with E-state index in [0.717, 1.165) is 22.8 Å². The van der Waals surface area contributed by atoms with Crippen molar-refractivity contribution >= 4 is 0 Å². The number of hydrogen-bond acceptors (Lipinski definition) is 5. The molecule has 0 saturated carbocycles. The maximum atomic E-state index is 5.50. The average molecular weight is 354 g/mol. The summed E-state index contributed by atoms with van der Waals surface area (Å²) >= 11 is 0. The normalized spacial score (nSPS) is 10.5. The van der Waals surface area contributed by atoms with E-state index in [-0.39, 0.29) is 0 Å². The lowest BCUT2D eigenvalue weighted by molar-refractivity contribution is 0.324. The van der Waals surface area contributed by atoms with Gasteiger partial charge in [0.1, 0.15) is 11.6 Å². The molecule has 0 aliphatic carbocycles. The van der Waals surface area contributed by atoms with Gasteiger partial charge in [-0.25, -0.2) is 4.98 Å². The zero-order chi connectivity index (χ0) is 18.5. The quantitative estimate of drug-likeness (QED) is 0.643. The molecule has 6 heteroatoms. The predicted molar refractivity (Wildman–Crippen MR) is 99.8 cm³/mol. The van der Waals surface area contributed by atoms with E-state index in [2.05, 4.69) is 4.98 Å². The van der Waals surface area contributed by atoms with Gasteiger partial charge in [0, 0.05) is 30.1 Å². The second-order valence-corrected chi connectivity index (χ2v) is 5.46. The maximum Gasteiger partial charge on any atom is 0.203 e. The highest BCUT2D eigenvalue weighted by atomic mass is 16.5. The van der Waals surface area contributed by atoms with Crippen LogP contribution in [0, 0.1) is 0 Å². The number of methoxy groups -OCH3 is 3. The van der Waals surface area contributed by atoms with Gasteiger partial charge in [0.2, 0.25) is 5.75 Å². The lowest BCUT2D eigenvalue weighted by Crippen LogP contribution is -2.01. The summed E-state index contributed by atoms with van der Waals surface area (Å²) in [6.07, 6.45) is 3.65. The molecule has 0 amide bonds. The van der Waals surface area contributed by atoms with Crippen molar-refractivity contribution in [2.75, 3.05) is 27.9 Å². The molecule has 0 aliphatic heterocycles. The maximum absolute atomic E-state index is 5.50. The van der Waals surface area contributed by atoms with Crippen molar-refractivity contribution in [3.8, 4) is 40.1 Å². The summed E-state index contributed by atoms with van der Waals surface area (Å²) in [7, 11) is 4.79. The van der Waals surface area contributed by atoms with Crippen LogP contribution in [0.15, 0.2) is 48.8 Å². The highest BCUT2D eigenvalue weighted by Gasteiger charge is 2.16. The molecule has 1 aromatic heterocycles. The lowest BCUT2D eigenvalue weighted by Gasteiger charge is -2.15. The second kappa shape index (κ2) is 7.82. The molecule has 3 aromatic rings. The van der Waals surface area contributed by atoms with E-state index in [0.29, 0.717) is 23.9 Å². The topological polar surface area (TPSA) is 54.7 Å². The van der Waals surface area contributed by atoms with Gasteiger partial charge in [-0.3, -0.25) is 4.57 Å². The molecule has 0 unspecified atom stereocenters. The Labute approximate surface area is 152 Å². The fraction of sp³-hybridized carbons (Fsp3) is 0.250. The first-order valence-electron chi connectivity index (χ1n) is 8.28. The highest BCUT2D eigenvalue weighted by Crippen LogP contribution is 2.40. The number of hydrogen-bond donors (Lipinski definition) is 0. The summed E-state index contributed by atoms with van der Waals surface area (Å²) in [4.78, 5) is 4.50. The molecule has 26 heavy (non-hydrogen) atoms. The third-order valence-electron chi connectivity index (χ3n) is 3.99. The van der Waals surface area contributed by atoms with Crippen LogP contribution in [0.1, 0.15) is 6.92 Å². The van der Waals surface area contributed by atoms with Crippen LogP contribution < -0.4 is 18.9 Å². The zero-order valence-electron chi connectivity index (χ0n) is 15.4. The van der Waals surface area contributed by atoms with Gasteiger partial charge in [-0.05, 0) is 31.2 Å². The third kappa shape index (κ3) is 3.31. The largest absolute Gasteiger partial charge is 0.494 e. The van der Waals surface area contributed by atoms with Crippen molar-refractivity contribution in [1.82, 2.24) is 9.55 Å². The number of rotatable bonds is 7. The van der Waals surface area contributed by atoms with Gasteiger partial charge in [0.05, 0.1) is 33.6 Å². The van der Waals surface area contributed by atoms with Gasteiger partial charge < -0.3 is 18.9 Å². The predicted octanol–water partition coefficient (Wildman–Crippen LogP) is 3.96. The number of aromatic nitrogens is 2. The smallest absolute Gasteiger partial charge is 0.203 e. The van der Waals surface area contributed by atoms with Gasteiger partial charge in [0.25, 0.3) is 0 Å². The molecular weight excluding hydrogens is 332 g/mol. The Morgan fingerprint density at radius 2 is 1.58 bits per heavy atom. The Morgan fingerprint density at radius 3 is 2.12 bits per heavy atom. The van der Waals surface area contributed by atoms with E-state index in [4.69, 9.17) is 18.9 Å². The minimum Gasteiger partial charge on any atom is -0.494 e. The number of ether oxygens (including phenoxy) is 4. The molecule has 0 atom stereocenters. The Kier molecular flexibility index (Phi) is 5.31. The first kappa shape index (κ1) is 17.7. The number of imidazole rings is 1. The van der Waals surface area contributed by atoms with Crippen molar-refractivity contribution < 1.29 is 18.9 Å². The molecule has 2 aromatic carbocycles. The van der Waals surface area contributed by atoms with Gasteiger partial charge >= 0.3 is 0 Å². The van der Waals surface area contributed by atoms with Crippen LogP contribution in [0.25, 0.3) is 17.1 Å². The highest BCUT2D eigenvalue weighted by molar-refractivity contribution is 5.63. The minimum atomic E-state index is 0.557. The minimum absolute atomic E-state index is 0.557. The lowest BCUT2D eigenvalue weighted by atomic mass is 10.2. The fourth-order valence-corrected chi connectivity index (χ4v) is 2.80. The van der Waals surface area contributed by atoms with Crippen molar-refractivity contribution in [2.24, 2.45) is 0 Å². The van der Waals surface area contributed by atoms with Crippen LogP contribution in [0.3, 0.4) is 0 Å². The number of nitrogens with zero attached hydrogens (tertiary/aromatic N) is 2. The van der Waals surface area contributed by atoms with Crippen molar-refractivity contribution in [3.63, 3.8) is 0 Å². The molecule has 6 nitrogen and oxygen atoms in total. The zero-order valence-corrected chi connectivity index (χ0v) is 15.4. The third-order valence-corrected chi connectivity index (χ3v) is 3.99. The average Bonchev–Trinajstić information content (AvgIpc) is 3.17. The molecule has 3 rings (SSSR count). The van der Waals surface area contributed by atoms with Gasteiger partial charge in [-0.1, -0.05) is 0 Å². The molecule has 0 saturated heterocycles. The van der Waals surface area contributed by atoms with E-state index in [1.54, 1.807) is 27.5 Å². The molecule has 0 bridgehead atoms. The van der Waals surface area contributed by atoms with Crippen LogP contribution in [0.5, 0.6) is 23.0 Å². The molecular formula is C20H22N2O4. The van der Waals surface area contributed by atoms with Crippen LogP contribution >= 0.6 is 0 Å². The van der Waals surface area contributed by atoms with Crippen molar-refractivity contribution in [3.05, 3.63) is 48.8 Å². The van der Waals surface area contributed by atoms with E-state index in [9.17, 15) is 0 Å². The first-order valence-corrected chi connectivity index (χ1v) is 8.28. The molecule has 0 fully saturated rings. The summed E-state index contributed by atoms with van der Waals surface area (Å²) in [5.74, 6) is 3.38. The SMILES string of the molecule is CCOc1ccc(-c2nccn2-c2cc(OC)c(OC)c(OC)c2)cc1. The fourth-order valence-electron chi connectivity index (χ4n) is 2.80. The van der Waals surface area contributed by atoms with Gasteiger partial charge in [0.15, 0.2) is 11.5 Å². The summed E-state index contributed by atoms with van der Waals surface area (Å²) in [6, 6.07) is 11.6. The molecule has 0 aliphatic rings. The van der Waals surface area contributed by atoms with Gasteiger partial charge in [-0.2, -0.15) is 0 Å². The van der Waals surface area contributed by atoms with Crippen LogP contribution in [0.4, 0.5) is 0 Å². The number of benzene rings is 2. The Balaban J connectivity index is 2.05. The molecule has 1 heterocycles. The molecule has 0 radical (unpaired) electrons. The van der Waals surface area contributed by atoms with E-state index < -0.39 is 0 Å². The Hall–Kier alpha value is -3.15. The monoisotopic (exact) mass is 354 g/mol. The Morgan fingerprint density at radius 1 is 0.923 bits per heavy atom. The standard InChI is InChI=1S/C20H22N2O4/c1-5-26-16-8-6-14(7-9-16)20-21-10-11-22(20)15-12-17(23-2)19(25-4)18(13-15)24-3/h6-13H,5H2,1-4H3. The second-order valence-electron chi connectivity index (χ2n) is 5.46. The summed E-state index contributed by atoms with van der Waals surface area (Å²) in [6.45, 7) is 2.60. The van der Waals surface area contributed by atoms with Crippen molar-refractivity contribution in [2.45, 2.75) is 6.92 Å². The Bertz CT molecular complexity index is 847. The van der Waals surface area contributed by atoms with E-state index in [1.165, 1.54) is 0 Å². The van der Waals surface area contributed by atoms with E-state index in [1.807, 2.05) is 54.1 Å². The molecule has 136 valence electrons. The van der Waals surface area contributed by atoms with E-state index >= 15 is 0 Å². The summed E-state index contributed by atoms with van der Waals surface area (Å²) in [5, 5.41) is 0. The summed E-state index contributed by atoms with van der Waals surface area (Å²) < 4.78 is 23.8.